The lowest BCUT2D eigenvalue weighted by Gasteiger charge is -2.30. The molecule has 1 aliphatic rings. The summed E-state index contributed by atoms with van der Waals surface area (Å²) < 4.78 is 10.5. The molecule has 5 nitrogen and oxygen atoms in total. The molecule has 0 aliphatic carbocycles. The third kappa shape index (κ3) is 3.54. The molecule has 0 radical (unpaired) electrons. The Labute approximate surface area is 139 Å². The predicted molar refractivity (Wildman–Crippen MR) is 90.0 cm³/mol. The molecule has 0 saturated carbocycles. The van der Waals surface area contributed by atoms with Crippen LogP contribution in [0.15, 0.2) is 29.6 Å². The number of carbonyl (C=O) groups is 1. The van der Waals surface area contributed by atoms with Crippen molar-refractivity contribution in [1.82, 2.24) is 9.88 Å². The highest BCUT2D eigenvalue weighted by Gasteiger charge is 2.25. The van der Waals surface area contributed by atoms with Crippen LogP contribution in [0.25, 0.3) is 10.6 Å². The van der Waals surface area contributed by atoms with E-state index in [9.17, 15) is 4.79 Å². The highest BCUT2D eigenvalue weighted by atomic mass is 32.1. The molecule has 1 saturated heterocycles. The van der Waals surface area contributed by atoms with E-state index in [0.717, 1.165) is 42.3 Å². The first-order valence-electron chi connectivity index (χ1n) is 7.63. The van der Waals surface area contributed by atoms with Crippen molar-refractivity contribution in [3.8, 4) is 16.3 Å². The van der Waals surface area contributed by atoms with Gasteiger partial charge in [-0.05, 0) is 37.1 Å². The zero-order valence-corrected chi connectivity index (χ0v) is 14.1. The van der Waals surface area contributed by atoms with Gasteiger partial charge in [0.2, 0.25) is 0 Å². The summed E-state index contributed by atoms with van der Waals surface area (Å²) in [4.78, 5) is 18.9. The molecule has 1 aliphatic heterocycles. The van der Waals surface area contributed by atoms with Crippen LogP contribution < -0.4 is 4.74 Å². The molecule has 0 atom stereocenters. The number of nitrogens with zero attached hydrogens (tertiary/aromatic N) is 2. The Morgan fingerprint density at radius 2 is 1.91 bits per heavy atom. The van der Waals surface area contributed by atoms with Crippen LogP contribution in [0.2, 0.25) is 0 Å². The van der Waals surface area contributed by atoms with Gasteiger partial charge in [-0.3, -0.25) is 4.79 Å². The maximum atomic E-state index is 12.5. The third-order valence-corrected chi connectivity index (χ3v) is 5.01. The van der Waals surface area contributed by atoms with E-state index in [1.807, 2.05) is 34.5 Å². The third-order valence-electron chi connectivity index (χ3n) is 4.12. The summed E-state index contributed by atoms with van der Waals surface area (Å²) in [5, 5.41) is 2.69. The van der Waals surface area contributed by atoms with Crippen molar-refractivity contribution in [3.05, 3.63) is 35.3 Å². The number of benzene rings is 1. The topological polar surface area (TPSA) is 51.7 Å². The zero-order valence-electron chi connectivity index (χ0n) is 13.3. The van der Waals surface area contributed by atoms with Gasteiger partial charge in [0.25, 0.3) is 5.91 Å². The normalized spacial score (nSPS) is 15.7. The van der Waals surface area contributed by atoms with E-state index >= 15 is 0 Å². The Bertz CT molecular complexity index is 661. The molecule has 0 N–H and O–H groups in total. The molecular weight excluding hydrogens is 312 g/mol. The van der Waals surface area contributed by atoms with Gasteiger partial charge in [-0.2, -0.15) is 0 Å². The van der Waals surface area contributed by atoms with Gasteiger partial charge in [0, 0.05) is 31.1 Å². The van der Waals surface area contributed by atoms with Crippen molar-refractivity contribution in [2.75, 3.05) is 27.3 Å². The van der Waals surface area contributed by atoms with Gasteiger partial charge < -0.3 is 14.4 Å². The quantitative estimate of drug-likeness (QED) is 0.863. The molecule has 2 heterocycles. The Morgan fingerprint density at radius 3 is 2.52 bits per heavy atom. The maximum absolute atomic E-state index is 12.5. The van der Waals surface area contributed by atoms with Crippen LogP contribution in [0, 0.1) is 0 Å². The highest BCUT2D eigenvalue weighted by Crippen LogP contribution is 2.26. The lowest BCUT2D eigenvalue weighted by atomic mass is 10.1. The molecule has 1 amide bonds. The molecule has 1 fully saturated rings. The van der Waals surface area contributed by atoms with Crippen LogP contribution in [0.3, 0.4) is 0 Å². The van der Waals surface area contributed by atoms with Crippen LogP contribution in [0.1, 0.15) is 23.3 Å². The number of amides is 1. The monoisotopic (exact) mass is 332 g/mol. The van der Waals surface area contributed by atoms with E-state index < -0.39 is 0 Å². The summed E-state index contributed by atoms with van der Waals surface area (Å²) in [7, 11) is 3.37. The average Bonchev–Trinajstić information content (AvgIpc) is 3.11. The minimum Gasteiger partial charge on any atom is -0.497 e. The minimum atomic E-state index is 0.00978. The van der Waals surface area contributed by atoms with Crippen LogP contribution in [0.4, 0.5) is 0 Å². The number of rotatable bonds is 4. The van der Waals surface area contributed by atoms with E-state index in [0.29, 0.717) is 5.69 Å². The first-order valence-corrected chi connectivity index (χ1v) is 8.51. The van der Waals surface area contributed by atoms with Crippen molar-refractivity contribution >= 4 is 17.2 Å². The molecule has 0 bridgehead atoms. The van der Waals surface area contributed by atoms with Crippen molar-refractivity contribution in [2.24, 2.45) is 0 Å². The Kier molecular flexibility index (Phi) is 4.93. The molecule has 1 aromatic carbocycles. The molecule has 122 valence electrons. The number of piperidine rings is 1. The second-order valence-electron chi connectivity index (χ2n) is 5.49. The van der Waals surface area contributed by atoms with E-state index in [2.05, 4.69) is 4.98 Å². The second kappa shape index (κ2) is 7.10. The summed E-state index contributed by atoms with van der Waals surface area (Å²) in [6.45, 7) is 1.46. The number of likely N-dealkylation sites (tertiary alicyclic amines) is 1. The number of aromatic nitrogens is 1. The lowest BCUT2D eigenvalue weighted by Crippen LogP contribution is -2.40. The molecule has 1 aromatic heterocycles. The van der Waals surface area contributed by atoms with E-state index in [4.69, 9.17) is 9.47 Å². The summed E-state index contributed by atoms with van der Waals surface area (Å²) in [6.07, 6.45) is 2.04. The van der Waals surface area contributed by atoms with Crippen LogP contribution in [-0.4, -0.2) is 49.2 Å². The predicted octanol–water partition coefficient (Wildman–Crippen LogP) is 3.07. The number of carbonyl (C=O) groups excluding carboxylic acids is 1. The summed E-state index contributed by atoms with van der Waals surface area (Å²) in [5.41, 5.74) is 1.52. The van der Waals surface area contributed by atoms with Crippen molar-refractivity contribution in [2.45, 2.75) is 18.9 Å². The smallest absolute Gasteiger partial charge is 0.273 e. The number of thiazole rings is 1. The standard InChI is InChI=1S/C17H20N2O3S/c1-21-13-5-3-12(4-6-13)16-18-15(11-23-16)17(20)19-9-7-14(22-2)8-10-19/h3-6,11,14H,7-10H2,1-2H3. The van der Waals surface area contributed by atoms with Gasteiger partial charge >= 0.3 is 0 Å². The molecular formula is C17H20N2O3S. The number of hydrogen-bond donors (Lipinski definition) is 0. The van der Waals surface area contributed by atoms with Crippen molar-refractivity contribution in [1.29, 1.82) is 0 Å². The number of hydrogen-bond acceptors (Lipinski definition) is 5. The Morgan fingerprint density at radius 1 is 1.22 bits per heavy atom. The molecule has 0 unspecified atom stereocenters. The van der Waals surface area contributed by atoms with Crippen molar-refractivity contribution < 1.29 is 14.3 Å². The Balaban J connectivity index is 1.69. The van der Waals surface area contributed by atoms with Crippen LogP contribution in [0.5, 0.6) is 5.75 Å². The Hall–Kier alpha value is -1.92. The van der Waals surface area contributed by atoms with E-state index in [-0.39, 0.29) is 12.0 Å². The first-order chi connectivity index (χ1) is 11.2. The van der Waals surface area contributed by atoms with Gasteiger partial charge in [0.15, 0.2) is 0 Å². The van der Waals surface area contributed by atoms with Gasteiger partial charge in [-0.25, -0.2) is 4.98 Å². The molecule has 2 aromatic rings. The summed E-state index contributed by atoms with van der Waals surface area (Å²) in [6, 6.07) is 7.70. The SMILES string of the molecule is COc1ccc(-c2nc(C(=O)N3CCC(OC)CC3)cs2)cc1. The first kappa shape index (κ1) is 16.0. The van der Waals surface area contributed by atoms with E-state index in [1.165, 1.54) is 11.3 Å². The zero-order chi connectivity index (χ0) is 16.2. The van der Waals surface area contributed by atoms with Crippen LogP contribution >= 0.6 is 11.3 Å². The minimum absolute atomic E-state index is 0.00978. The molecule has 3 rings (SSSR count). The molecule has 6 heteroatoms. The van der Waals surface area contributed by atoms with E-state index in [1.54, 1.807) is 14.2 Å². The summed E-state index contributed by atoms with van der Waals surface area (Å²) in [5.74, 6) is 0.818. The largest absolute Gasteiger partial charge is 0.497 e. The average molecular weight is 332 g/mol. The van der Waals surface area contributed by atoms with Gasteiger partial charge in [-0.15, -0.1) is 11.3 Å². The molecule has 23 heavy (non-hydrogen) atoms. The molecule has 0 spiro atoms. The van der Waals surface area contributed by atoms with Gasteiger partial charge in [-0.1, -0.05) is 0 Å². The number of methoxy groups -OCH3 is 2. The van der Waals surface area contributed by atoms with Crippen LogP contribution in [-0.2, 0) is 4.74 Å². The van der Waals surface area contributed by atoms with Gasteiger partial charge in [0.1, 0.15) is 16.5 Å². The number of ether oxygens (including phenoxy) is 2. The fourth-order valence-corrected chi connectivity index (χ4v) is 3.49. The lowest BCUT2D eigenvalue weighted by molar-refractivity contribution is 0.0348. The van der Waals surface area contributed by atoms with Gasteiger partial charge in [0.05, 0.1) is 13.2 Å². The fraction of sp³-hybridized carbons (Fsp3) is 0.412. The highest BCUT2D eigenvalue weighted by molar-refractivity contribution is 7.13. The maximum Gasteiger partial charge on any atom is 0.273 e. The second-order valence-corrected chi connectivity index (χ2v) is 6.35. The fourth-order valence-electron chi connectivity index (χ4n) is 2.69. The van der Waals surface area contributed by atoms with Crippen molar-refractivity contribution in [3.63, 3.8) is 0 Å². The summed E-state index contributed by atoms with van der Waals surface area (Å²) >= 11 is 1.49.